The van der Waals surface area contributed by atoms with E-state index in [1.165, 1.54) is 35.9 Å². The van der Waals surface area contributed by atoms with Crippen LogP contribution in [0.3, 0.4) is 0 Å². The fraction of sp³-hybridized carbons (Fsp3) is 0.0667. The van der Waals surface area contributed by atoms with Gasteiger partial charge in [-0.15, -0.1) is 0 Å². The van der Waals surface area contributed by atoms with E-state index in [0.717, 1.165) is 14.7 Å². The van der Waals surface area contributed by atoms with Gasteiger partial charge in [0.15, 0.2) is 24.1 Å². The molecule has 122 valence electrons. The van der Waals surface area contributed by atoms with Gasteiger partial charge in [0.2, 0.25) is 0 Å². The van der Waals surface area contributed by atoms with E-state index >= 15 is 0 Å². The zero-order valence-corrected chi connectivity index (χ0v) is 14.5. The lowest BCUT2D eigenvalue weighted by Gasteiger charge is -2.04. The maximum Gasteiger partial charge on any atom is 0.339 e. The Morgan fingerprint density at radius 2 is 2.04 bits per heavy atom. The fourth-order valence-corrected chi connectivity index (χ4v) is 3.30. The molecule has 2 aromatic heterocycles. The highest BCUT2D eigenvalue weighted by atomic mass is 79.9. The van der Waals surface area contributed by atoms with Crippen molar-refractivity contribution in [2.24, 2.45) is 0 Å². The predicted octanol–water partition coefficient (Wildman–Crippen LogP) is 2.49. The van der Waals surface area contributed by atoms with Gasteiger partial charge in [-0.2, -0.15) is 4.73 Å². The lowest BCUT2D eigenvalue weighted by molar-refractivity contribution is -0.605. The number of thiazole rings is 1. The van der Waals surface area contributed by atoms with Gasteiger partial charge < -0.3 is 9.94 Å². The molecule has 9 heteroatoms. The second-order valence-electron chi connectivity index (χ2n) is 4.70. The highest BCUT2D eigenvalue weighted by molar-refractivity contribution is 9.10. The Morgan fingerprint density at radius 3 is 2.79 bits per heavy atom. The van der Waals surface area contributed by atoms with Crippen LogP contribution in [0.4, 0.5) is 5.13 Å². The minimum absolute atomic E-state index is 0.194. The number of benzene rings is 1. The first-order valence-corrected chi connectivity index (χ1v) is 8.34. The number of fused-ring (bicyclic) bond motifs is 1. The molecule has 0 saturated carbocycles. The molecular formula is C15H10BrN3O4S. The standard InChI is InChI=1S/C15H10BrN3O4S/c16-10-1-2-11-12(7-10)24-15(17-11)18-13(20)8-23-14(21)9-3-5-19(22)6-4-9/h1-7H,8H2,(H,17,18,20). The first-order chi connectivity index (χ1) is 11.5. The Hall–Kier alpha value is -2.52. The number of anilines is 1. The highest BCUT2D eigenvalue weighted by Gasteiger charge is 2.13. The Morgan fingerprint density at radius 1 is 1.29 bits per heavy atom. The average Bonchev–Trinajstić information content (AvgIpc) is 2.94. The molecule has 0 atom stereocenters. The van der Waals surface area contributed by atoms with Gasteiger partial charge in [-0.3, -0.25) is 10.1 Å². The molecule has 1 aromatic carbocycles. The lowest BCUT2D eigenvalue weighted by atomic mass is 10.3. The number of nitrogens with zero attached hydrogens (tertiary/aromatic N) is 2. The summed E-state index contributed by atoms with van der Waals surface area (Å²) >= 11 is 4.69. The van der Waals surface area contributed by atoms with Crippen molar-refractivity contribution in [1.29, 1.82) is 0 Å². The third-order valence-electron chi connectivity index (χ3n) is 2.97. The van der Waals surface area contributed by atoms with Crippen LogP contribution in [-0.2, 0) is 9.53 Å². The van der Waals surface area contributed by atoms with Crippen molar-refractivity contribution >= 4 is 54.5 Å². The van der Waals surface area contributed by atoms with Gasteiger partial charge in [0.25, 0.3) is 5.91 Å². The first kappa shape index (κ1) is 16.3. The Kier molecular flexibility index (Phi) is 4.72. The molecule has 3 rings (SSSR count). The number of carbonyl (C=O) groups excluding carboxylic acids is 2. The number of hydrogen-bond donors (Lipinski definition) is 1. The van der Waals surface area contributed by atoms with Crippen LogP contribution in [0.1, 0.15) is 10.4 Å². The molecule has 24 heavy (non-hydrogen) atoms. The van der Waals surface area contributed by atoms with Crippen LogP contribution in [0.2, 0.25) is 0 Å². The monoisotopic (exact) mass is 407 g/mol. The van der Waals surface area contributed by atoms with Crippen LogP contribution in [0.25, 0.3) is 10.2 Å². The summed E-state index contributed by atoms with van der Waals surface area (Å²) in [5.41, 5.74) is 0.963. The number of pyridine rings is 1. The van der Waals surface area contributed by atoms with Gasteiger partial charge in [-0.05, 0) is 18.2 Å². The quantitative estimate of drug-likeness (QED) is 0.407. The number of rotatable bonds is 4. The van der Waals surface area contributed by atoms with Crippen molar-refractivity contribution in [2.45, 2.75) is 0 Å². The normalized spacial score (nSPS) is 10.5. The molecule has 0 aliphatic rings. The van der Waals surface area contributed by atoms with Gasteiger partial charge in [-0.25, -0.2) is 9.78 Å². The Bertz CT molecular complexity index is 911. The summed E-state index contributed by atoms with van der Waals surface area (Å²) in [5, 5.41) is 13.9. The van der Waals surface area contributed by atoms with E-state index in [2.05, 4.69) is 26.2 Å². The SMILES string of the molecule is O=C(COC(=O)c1cc[n+]([O-])cc1)Nc1nc2ccc(Br)cc2s1. The molecule has 3 aromatic rings. The molecule has 0 fully saturated rings. The largest absolute Gasteiger partial charge is 0.619 e. The van der Waals surface area contributed by atoms with E-state index < -0.39 is 18.5 Å². The minimum Gasteiger partial charge on any atom is -0.619 e. The van der Waals surface area contributed by atoms with Crippen LogP contribution < -0.4 is 10.0 Å². The van der Waals surface area contributed by atoms with Crippen LogP contribution in [0.5, 0.6) is 0 Å². The third kappa shape index (κ3) is 3.87. The summed E-state index contributed by atoms with van der Waals surface area (Å²) < 4.78 is 7.30. The van der Waals surface area contributed by atoms with Crippen molar-refractivity contribution < 1.29 is 19.1 Å². The predicted molar refractivity (Wildman–Crippen MR) is 91.6 cm³/mol. The summed E-state index contributed by atoms with van der Waals surface area (Å²) in [7, 11) is 0. The van der Waals surface area contributed by atoms with Crippen molar-refractivity contribution in [3.8, 4) is 0 Å². The summed E-state index contributed by atoms with van der Waals surface area (Å²) in [6, 6.07) is 8.24. The number of nitrogens with one attached hydrogen (secondary N) is 1. The Labute approximate surface area is 148 Å². The summed E-state index contributed by atoms with van der Waals surface area (Å²) in [4.78, 5) is 27.9. The molecule has 0 radical (unpaired) electrons. The molecule has 0 spiro atoms. The van der Waals surface area contributed by atoms with Crippen LogP contribution in [0, 0.1) is 5.21 Å². The maximum absolute atomic E-state index is 11.9. The van der Waals surface area contributed by atoms with Crippen LogP contribution >= 0.6 is 27.3 Å². The first-order valence-electron chi connectivity index (χ1n) is 6.73. The molecule has 0 aliphatic carbocycles. The molecule has 0 unspecified atom stereocenters. The van der Waals surface area contributed by atoms with Gasteiger partial charge in [0.05, 0.1) is 15.8 Å². The number of aromatic nitrogens is 2. The summed E-state index contributed by atoms with van der Waals surface area (Å²) in [5.74, 6) is -1.17. The smallest absolute Gasteiger partial charge is 0.339 e. The van der Waals surface area contributed by atoms with Crippen LogP contribution in [-0.4, -0.2) is 23.5 Å². The van der Waals surface area contributed by atoms with Crippen molar-refractivity contribution in [2.75, 3.05) is 11.9 Å². The van der Waals surface area contributed by atoms with Gasteiger partial charge in [-0.1, -0.05) is 27.3 Å². The number of halogens is 1. The maximum atomic E-state index is 11.9. The molecule has 7 nitrogen and oxygen atoms in total. The van der Waals surface area contributed by atoms with Crippen molar-refractivity contribution in [3.05, 3.63) is 58.0 Å². The van der Waals surface area contributed by atoms with E-state index in [4.69, 9.17) is 4.74 Å². The number of esters is 1. The third-order valence-corrected chi connectivity index (χ3v) is 4.40. The van der Waals surface area contributed by atoms with Crippen molar-refractivity contribution in [3.63, 3.8) is 0 Å². The Balaban J connectivity index is 1.58. The molecular weight excluding hydrogens is 398 g/mol. The van der Waals surface area contributed by atoms with E-state index in [1.54, 1.807) is 0 Å². The number of carbonyl (C=O) groups is 2. The number of hydrogen-bond acceptors (Lipinski definition) is 6. The molecule has 2 heterocycles. The lowest BCUT2D eigenvalue weighted by Crippen LogP contribution is -2.25. The van der Waals surface area contributed by atoms with E-state index in [1.807, 2.05) is 18.2 Å². The molecule has 0 aliphatic heterocycles. The van der Waals surface area contributed by atoms with Crippen LogP contribution in [0.15, 0.2) is 47.2 Å². The van der Waals surface area contributed by atoms with E-state index in [-0.39, 0.29) is 5.56 Å². The summed E-state index contributed by atoms with van der Waals surface area (Å²) in [6.07, 6.45) is 2.35. The zero-order valence-electron chi connectivity index (χ0n) is 12.1. The molecule has 1 amide bonds. The van der Waals surface area contributed by atoms with E-state index in [9.17, 15) is 14.8 Å². The van der Waals surface area contributed by atoms with Gasteiger partial charge in [0.1, 0.15) is 0 Å². The molecule has 1 N–H and O–H groups in total. The second kappa shape index (κ2) is 6.93. The summed E-state index contributed by atoms with van der Waals surface area (Å²) in [6.45, 7) is -0.440. The fourth-order valence-electron chi connectivity index (χ4n) is 1.87. The van der Waals surface area contributed by atoms with Crippen molar-refractivity contribution in [1.82, 2.24) is 4.98 Å². The number of amides is 1. The average molecular weight is 408 g/mol. The molecule has 0 saturated heterocycles. The topological polar surface area (TPSA) is 95.2 Å². The molecule has 0 bridgehead atoms. The second-order valence-corrected chi connectivity index (χ2v) is 6.65. The highest BCUT2D eigenvalue weighted by Crippen LogP contribution is 2.28. The van der Waals surface area contributed by atoms with Gasteiger partial charge >= 0.3 is 5.97 Å². The zero-order chi connectivity index (χ0) is 17.1. The van der Waals surface area contributed by atoms with E-state index in [0.29, 0.717) is 9.86 Å². The van der Waals surface area contributed by atoms with Gasteiger partial charge in [0, 0.05) is 16.6 Å². The number of ether oxygens (including phenoxy) is 1. The minimum atomic E-state index is -0.681.